The third kappa shape index (κ3) is 5.22. The standard InChI is InChI=1S/C20H36N2O2/c1-13-7-5-9-17(15(13)3)21-19(23)11-12-20(24)22-18-10-6-8-14(2)16(18)4/h13-18H,5-12H2,1-4H3,(H,21,23)(H,22,24)/t13-,14+,15-,16-,17+,18-/m1/s1. The Balaban J connectivity index is 1.70. The molecule has 2 fully saturated rings. The highest BCUT2D eigenvalue weighted by molar-refractivity contribution is 5.84. The van der Waals surface area contributed by atoms with Crippen LogP contribution in [-0.2, 0) is 9.59 Å². The Kier molecular flexibility index (Phi) is 7.12. The first kappa shape index (κ1) is 19.3. The molecule has 0 aromatic carbocycles. The lowest BCUT2D eigenvalue weighted by atomic mass is 9.78. The van der Waals surface area contributed by atoms with Gasteiger partial charge in [-0.2, -0.15) is 0 Å². The van der Waals surface area contributed by atoms with Crippen molar-refractivity contribution in [2.24, 2.45) is 23.7 Å². The van der Waals surface area contributed by atoms with E-state index < -0.39 is 0 Å². The number of hydrogen-bond donors (Lipinski definition) is 2. The fourth-order valence-corrected chi connectivity index (χ4v) is 4.36. The summed E-state index contributed by atoms with van der Waals surface area (Å²) in [6.07, 6.45) is 7.65. The molecule has 2 saturated carbocycles. The van der Waals surface area contributed by atoms with Crippen molar-refractivity contribution in [2.45, 2.75) is 91.1 Å². The first-order valence-electron chi connectivity index (χ1n) is 9.97. The Morgan fingerprint density at radius 2 is 1.08 bits per heavy atom. The second kappa shape index (κ2) is 8.87. The van der Waals surface area contributed by atoms with Gasteiger partial charge in [0.05, 0.1) is 0 Å². The van der Waals surface area contributed by atoms with Gasteiger partial charge in [0.25, 0.3) is 0 Å². The van der Waals surface area contributed by atoms with Gasteiger partial charge in [0.1, 0.15) is 0 Å². The van der Waals surface area contributed by atoms with Gasteiger partial charge in [-0.15, -0.1) is 0 Å². The predicted molar refractivity (Wildman–Crippen MR) is 97.5 cm³/mol. The molecule has 0 aromatic heterocycles. The van der Waals surface area contributed by atoms with E-state index in [0.717, 1.165) is 12.8 Å². The van der Waals surface area contributed by atoms with Crippen LogP contribution in [0.3, 0.4) is 0 Å². The lowest BCUT2D eigenvalue weighted by Gasteiger charge is -2.35. The summed E-state index contributed by atoms with van der Waals surface area (Å²) in [4.78, 5) is 24.4. The molecule has 2 aliphatic rings. The summed E-state index contributed by atoms with van der Waals surface area (Å²) < 4.78 is 0. The molecule has 0 unspecified atom stereocenters. The lowest BCUT2D eigenvalue weighted by Crippen LogP contribution is -2.45. The Morgan fingerprint density at radius 1 is 0.708 bits per heavy atom. The van der Waals surface area contributed by atoms with Crippen LogP contribution in [0.25, 0.3) is 0 Å². The van der Waals surface area contributed by atoms with Gasteiger partial charge in [0.15, 0.2) is 0 Å². The third-order valence-electron chi connectivity index (χ3n) is 6.69. The summed E-state index contributed by atoms with van der Waals surface area (Å²) in [5.74, 6) is 2.45. The number of nitrogens with one attached hydrogen (secondary N) is 2. The van der Waals surface area contributed by atoms with Gasteiger partial charge < -0.3 is 10.6 Å². The van der Waals surface area contributed by atoms with E-state index in [0.29, 0.717) is 36.5 Å². The van der Waals surface area contributed by atoms with Crippen LogP contribution in [0.1, 0.15) is 79.1 Å². The third-order valence-corrected chi connectivity index (χ3v) is 6.69. The van der Waals surface area contributed by atoms with Gasteiger partial charge in [0.2, 0.25) is 11.8 Å². The summed E-state index contributed by atoms with van der Waals surface area (Å²) in [7, 11) is 0. The van der Waals surface area contributed by atoms with Crippen molar-refractivity contribution >= 4 is 11.8 Å². The van der Waals surface area contributed by atoms with Crippen molar-refractivity contribution in [2.75, 3.05) is 0 Å². The molecule has 0 radical (unpaired) electrons. The van der Waals surface area contributed by atoms with E-state index in [1.807, 2.05) is 0 Å². The quantitative estimate of drug-likeness (QED) is 0.805. The summed E-state index contributed by atoms with van der Waals surface area (Å²) in [5.41, 5.74) is 0. The molecule has 138 valence electrons. The topological polar surface area (TPSA) is 58.2 Å². The molecule has 4 nitrogen and oxygen atoms in total. The molecule has 0 spiro atoms. The van der Waals surface area contributed by atoms with E-state index in [-0.39, 0.29) is 23.9 Å². The minimum absolute atomic E-state index is 0.0289. The highest BCUT2D eigenvalue weighted by Gasteiger charge is 2.29. The first-order chi connectivity index (χ1) is 11.4. The molecule has 0 saturated heterocycles. The highest BCUT2D eigenvalue weighted by Crippen LogP contribution is 2.30. The number of amides is 2. The van der Waals surface area contributed by atoms with Gasteiger partial charge in [0, 0.05) is 24.9 Å². The normalized spacial score (nSPS) is 36.8. The van der Waals surface area contributed by atoms with Crippen molar-refractivity contribution in [1.29, 1.82) is 0 Å². The zero-order valence-electron chi connectivity index (χ0n) is 15.9. The van der Waals surface area contributed by atoms with Gasteiger partial charge in [-0.25, -0.2) is 0 Å². The summed E-state index contributed by atoms with van der Waals surface area (Å²) in [6.45, 7) is 8.99. The monoisotopic (exact) mass is 336 g/mol. The zero-order valence-corrected chi connectivity index (χ0v) is 15.9. The lowest BCUT2D eigenvalue weighted by molar-refractivity contribution is -0.128. The molecule has 0 aliphatic heterocycles. The van der Waals surface area contributed by atoms with Crippen LogP contribution >= 0.6 is 0 Å². The van der Waals surface area contributed by atoms with Gasteiger partial charge in [-0.3, -0.25) is 9.59 Å². The smallest absolute Gasteiger partial charge is 0.220 e. The molecule has 2 amide bonds. The molecule has 0 aromatic rings. The molecule has 6 atom stereocenters. The SMILES string of the molecule is C[C@@H]1[C@H](C)CCC[C@@H]1NC(=O)CCC(=O)N[C@@H]1CCC[C@H](C)[C@H]1C. The average molecular weight is 337 g/mol. The van der Waals surface area contributed by atoms with Crippen LogP contribution in [0.4, 0.5) is 0 Å². The van der Waals surface area contributed by atoms with Gasteiger partial charge in [-0.05, 0) is 36.5 Å². The van der Waals surface area contributed by atoms with E-state index >= 15 is 0 Å². The molecular formula is C20H36N2O2. The maximum absolute atomic E-state index is 12.2. The van der Waals surface area contributed by atoms with Crippen molar-refractivity contribution in [1.82, 2.24) is 10.6 Å². The molecule has 0 bridgehead atoms. The Hall–Kier alpha value is -1.06. The highest BCUT2D eigenvalue weighted by atomic mass is 16.2. The summed E-state index contributed by atoms with van der Waals surface area (Å²) in [5, 5.41) is 6.31. The summed E-state index contributed by atoms with van der Waals surface area (Å²) in [6, 6.07) is 0.562. The van der Waals surface area contributed by atoms with Crippen molar-refractivity contribution in [3.05, 3.63) is 0 Å². The minimum Gasteiger partial charge on any atom is -0.353 e. The maximum atomic E-state index is 12.2. The fourth-order valence-electron chi connectivity index (χ4n) is 4.36. The van der Waals surface area contributed by atoms with E-state index in [1.165, 1.54) is 25.7 Å². The van der Waals surface area contributed by atoms with Crippen LogP contribution in [-0.4, -0.2) is 23.9 Å². The molecule has 2 rings (SSSR count). The van der Waals surface area contributed by atoms with Crippen molar-refractivity contribution < 1.29 is 9.59 Å². The largest absolute Gasteiger partial charge is 0.353 e. The number of rotatable bonds is 5. The maximum Gasteiger partial charge on any atom is 0.220 e. The Morgan fingerprint density at radius 3 is 1.46 bits per heavy atom. The molecular weight excluding hydrogens is 300 g/mol. The van der Waals surface area contributed by atoms with E-state index in [1.54, 1.807) is 0 Å². The molecule has 2 N–H and O–H groups in total. The second-order valence-electron chi connectivity index (χ2n) is 8.38. The van der Waals surface area contributed by atoms with Gasteiger partial charge >= 0.3 is 0 Å². The van der Waals surface area contributed by atoms with E-state index in [9.17, 15) is 9.59 Å². The zero-order chi connectivity index (χ0) is 17.7. The Bertz CT molecular complexity index is 397. The van der Waals surface area contributed by atoms with Crippen LogP contribution in [0.2, 0.25) is 0 Å². The average Bonchev–Trinajstić information content (AvgIpc) is 2.54. The fraction of sp³-hybridized carbons (Fsp3) is 0.900. The van der Waals surface area contributed by atoms with E-state index in [4.69, 9.17) is 0 Å². The second-order valence-corrected chi connectivity index (χ2v) is 8.38. The number of hydrogen-bond acceptors (Lipinski definition) is 2. The van der Waals surface area contributed by atoms with Gasteiger partial charge in [-0.1, -0.05) is 53.4 Å². The van der Waals surface area contributed by atoms with E-state index in [2.05, 4.69) is 38.3 Å². The number of carbonyl (C=O) groups excluding carboxylic acids is 2. The van der Waals surface area contributed by atoms with Crippen molar-refractivity contribution in [3.8, 4) is 0 Å². The molecule has 2 aliphatic carbocycles. The van der Waals surface area contributed by atoms with Crippen molar-refractivity contribution in [3.63, 3.8) is 0 Å². The molecule has 4 heteroatoms. The van der Waals surface area contributed by atoms with Crippen LogP contribution in [0.15, 0.2) is 0 Å². The minimum atomic E-state index is 0.0289. The van der Waals surface area contributed by atoms with Crippen LogP contribution in [0, 0.1) is 23.7 Å². The van der Waals surface area contributed by atoms with Crippen LogP contribution < -0.4 is 10.6 Å². The summed E-state index contributed by atoms with van der Waals surface area (Å²) >= 11 is 0. The molecule has 24 heavy (non-hydrogen) atoms. The predicted octanol–water partition coefficient (Wildman–Crippen LogP) is 3.65. The first-order valence-corrected chi connectivity index (χ1v) is 9.97. The van der Waals surface area contributed by atoms with Crippen LogP contribution in [0.5, 0.6) is 0 Å². The Labute approximate surface area is 147 Å². The number of carbonyl (C=O) groups is 2. The molecule has 0 heterocycles.